The van der Waals surface area contributed by atoms with Crippen molar-refractivity contribution in [3.05, 3.63) is 53.2 Å². The highest BCUT2D eigenvalue weighted by molar-refractivity contribution is 5.96. The molecule has 0 fully saturated rings. The molecular weight excluding hydrogens is 250 g/mol. The number of hydrogen-bond acceptors (Lipinski definition) is 3. The maximum absolute atomic E-state index is 11.6. The van der Waals surface area contributed by atoms with Crippen LogP contribution in [0.25, 0.3) is 0 Å². The summed E-state index contributed by atoms with van der Waals surface area (Å²) in [4.78, 5) is 15.8. The normalized spacial score (nSPS) is 10.7. The molecular formula is C17H19NO2. The summed E-state index contributed by atoms with van der Waals surface area (Å²) in [7, 11) is 0. The molecule has 2 aromatic rings. The van der Waals surface area contributed by atoms with Crippen LogP contribution < -0.4 is 4.74 Å². The third-order valence-electron chi connectivity index (χ3n) is 3.24. The van der Waals surface area contributed by atoms with Gasteiger partial charge < -0.3 is 4.74 Å². The van der Waals surface area contributed by atoms with Crippen molar-refractivity contribution in [3.63, 3.8) is 0 Å². The Kier molecular flexibility index (Phi) is 4.18. The number of rotatable bonds is 4. The Morgan fingerprint density at radius 3 is 2.65 bits per heavy atom. The highest BCUT2D eigenvalue weighted by atomic mass is 16.5. The molecule has 0 radical (unpaired) electrons. The Hall–Kier alpha value is -2.16. The quantitative estimate of drug-likeness (QED) is 0.767. The summed E-state index contributed by atoms with van der Waals surface area (Å²) in [6.07, 6.45) is 1.63. The van der Waals surface area contributed by atoms with Crippen LogP contribution in [0, 0.1) is 6.92 Å². The zero-order chi connectivity index (χ0) is 14.7. The second kappa shape index (κ2) is 5.87. The molecule has 1 heterocycles. The smallest absolute Gasteiger partial charge is 0.230 e. The fourth-order valence-corrected chi connectivity index (χ4v) is 1.93. The van der Waals surface area contributed by atoms with E-state index in [0.29, 0.717) is 17.4 Å². The number of benzene rings is 1. The maximum Gasteiger partial charge on any atom is 0.230 e. The van der Waals surface area contributed by atoms with Gasteiger partial charge in [-0.1, -0.05) is 26.0 Å². The van der Waals surface area contributed by atoms with E-state index < -0.39 is 0 Å². The van der Waals surface area contributed by atoms with Crippen LogP contribution in [0.5, 0.6) is 11.6 Å². The van der Waals surface area contributed by atoms with E-state index in [9.17, 15) is 4.79 Å². The number of carbonyl (C=O) groups is 1. The molecule has 0 atom stereocenters. The van der Waals surface area contributed by atoms with Gasteiger partial charge >= 0.3 is 0 Å². The van der Waals surface area contributed by atoms with E-state index in [4.69, 9.17) is 4.74 Å². The van der Waals surface area contributed by atoms with Gasteiger partial charge in [-0.3, -0.25) is 4.79 Å². The van der Waals surface area contributed by atoms with Crippen molar-refractivity contribution in [2.75, 3.05) is 0 Å². The maximum atomic E-state index is 11.6. The van der Waals surface area contributed by atoms with Gasteiger partial charge in [-0.15, -0.1) is 0 Å². The molecule has 0 aliphatic carbocycles. The van der Waals surface area contributed by atoms with Crippen LogP contribution in [0.3, 0.4) is 0 Å². The monoisotopic (exact) mass is 269 g/mol. The summed E-state index contributed by atoms with van der Waals surface area (Å²) in [5.41, 5.74) is 2.72. The van der Waals surface area contributed by atoms with Crippen LogP contribution >= 0.6 is 0 Å². The first kappa shape index (κ1) is 14.3. The summed E-state index contributed by atoms with van der Waals surface area (Å²) in [6.45, 7) is 7.77. The molecule has 0 bridgehead atoms. The topological polar surface area (TPSA) is 39.2 Å². The van der Waals surface area contributed by atoms with E-state index in [-0.39, 0.29) is 5.78 Å². The highest BCUT2D eigenvalue weighted by Crippen LogP contribution is 2.29. The number of pyridine rings is 1. The fraction of sp³-hybridized carbons (Fsp3) is 0.294. The first-order chi connectivity index (χ1) is 9.49. The largest absolute Gasteiger partial charge is 0.438 e. The SMILES string of the molecule is CC(=O)c1cccnc1Oc1cc(C(C)C)ccc1C. The molecule has 0 aliphatic heterocycles. The van der Waals surface area contributed by atoms with E-state index in [1.165, 1.54) is 12.5 Å². The lowest BCUT2D eigenvalue weighted by Crippen LogP contribution is -2.00. The van der Waals surface area contributed by atoms with Gasteiger partial charge in [0.25, 0.3) is 0 Å². The van der Waals surface area contributed by atoms with Gasteiger partial charge in [-0.2, -0.15) is 0 Å². The molecule has 0 saturated heterocycles. The van der Waals surface area contributed by atoms with E-state index >= 15 is 0 Å². The van der Waals surface area contributed by atoms with Crippen LogP contribution in [0.15, 0.2) is 36.5 Å². The Labute approximate surface area is 119 Å². The van der Waals surface area contributed by atoms with Crippen LogP contribution in [0.1, 0.15) is 48.2 Å². The number of ether oxygens (including phenoxy) is 1. The van der Waals surface area contributed by atoms with Crippen LogP contribution in [-0.4, -0.2) is 10.8 Å². The van der Waals surface area contributed by atoms with Gasteiger partial charge in [0, 0.05) is 6.20 Å². The molecule has 0 unspecified atom stereocenters. The molecule has 0 saturated carbocycles. The number of ketones is 1. The van der Waals surface area contributed by atoms with Crippen molar-refractivity contribution in [1.82, 2.24) is 4.98 Å². The number of aryl methyl sites for hydroxylation is 1. The lowest BCUT2D eigenvalue weighted by Gasteiger charge is -2.13. The summed E-state index contributed by atoms with van der Waals surface area (Å²) in [6, 6.07) is 9.60. The average molecular weight is 269 g/mol. The molecule has 104 valence electrons. The second-order valence-electron chi connectivity index (χ2n) is 5.19. The Morgan fingerprint density at radius 2 is 2.00 bits per heavy atom. The van der Waals surface area contributed by atoms with Crippen molar-refractivity contribution in [2.24, 2.45) is 0 Å². The van der Waals surface area contributed by atoms with Gasteiger partial charge in [-0.25, -0.2) is 4.98 Å². The van der Waals surface area contributed by atoms with E-state index in [1.807, 2.05) is 19.1 Å². The lowest BCUT2D eigenvalue weighted by atomic mass is 10.0. The molecule has 20 heavy (non-hydrogen) atoms. The minimum atomic E-state index is -0.0502. The molecule has 3 heteroatoms. The van der Waals surface area contributed by atoms with Crippen LogP contribution in [0.4, 0.5) is 0 Å². The predicted octanol–water partition coefficient (Wildman–Crippen LogP) is 4.51. The van der Waals surface area contributed by atoms with Crippen LogP contribution in [-0.2, 0) is 0 Å². The molecule has 0 amide bonds. The molecule has 1 aromatic carbocycles. The first-order valence-corrected chi connectivity index (χ1v) is 6.73. The number of aromatic nitrogens is 1. The summed E-state index contributed by atoms with van der Waals surface area (Å²) in [5, 5.41) is 0. The van der Waals surface area contributed by atoms with E-state index in [1.54, 1.807) is 18.3 Å². The van der Waals surface area contributed by atoms with Gasteiger partial charge in [-0.05, 0) is 49.1 Å². The zero-order valence-corrected chi connectivity index (χ0v) is 12.3. The molecule has 0 N–H and O–H groups in total. The van der Waals surface area contributed by atoms with Crippen LogP contribution in [0.2, 0.25) is 0 Å². The lowest BCUT2D eigenvalue weighted by molar-refractivity contribution is 0.101. The number of hydrogen-bond donors (Lipinski definition) is 0. The number of Topliss-reactive ketones (excluding diaryl/α,β-unsaturated/α-hetero) is 1. The van der Waals surface area contributed by atoms with E-state index in [2.05, 4.69) is 24.9 Å². The first-order valence-electron chi connectivity index (χ1n) is 6.73. The molecule has 0 spiro atoms. The summed E-state index contributed by atoms with van der Waals surface area (Å²) < 4.78 is 5.86. The zero-order valence-electron chi connectivity index (χ0n) is 12.3. The second-order valence-corrected chi connectivity index (χ2v) is 5.19. The van der Waals surface area contributed by atoms with Crippen molar-refractivity contribution in [3.8, 4) is 11.6 Å². The standard InChI is InChI=1S/C17H19NO2/c1-11(2)14-8-7-12(3)16(10-14)20-17-15(13(4)19)6-5-9-18-17/h5-11H,1-4H3. The average Bonchev–Trinajstić information content (AvgIpc) is 2.41. The molecule has 1 aromatic heterocycles. The third-order valence-corrected chi connectivity index (χ3v) is 3.24. The third kappa shape index (κ3) is 3.05. The van der Waals surface area contributed by atoms with Gasteiger partial charge in [0.2, 0.25) is 5.88 Å². The Bertz CT molecular complexity index is 633. The summed E-state index contributed by atoms with van der Waals surface area (Å²) in [5.74, 6) is 1.49. The summed E-state index contributed by atoms with van der Waals surface area (Å²) >= 11 is 0. The fourth-order valence-electron chi connectivity index (χ4n) is 1.93. The van der Waals surface area contributed by atoms with Crippen molar-refractivity contribution in [2.45, 2.75) is 33.6 Å². The van der Waals surface area contributed by atoms with Gasteiger partial charge in [0.1, 0.15) is 5.75 Å². The van der Waals surface area contributed by atoms with Crippen molar-refractivity contribution < 1.29 is 9.53 Å². The minimum absolute atomic E-state index is 0.0502. The van der Waals surface area contributed by atoms with Crippen molar-refractivity contribution in [1.29, 1.82) is 0 Å². The predicted molar refractivity (Wildman–Crippen MR) is 79.6 cm³/mol. The van der Waals surface area contributed by atoms with Crippen molar-refractivity contribution >= 4 is 5.78 Å². The molecule has 3 nitrogen and oxygen atoms in total. The molecule has 2 rings (SSSR count). The number of carbonyl (C=O) groups excluding carboxylic acids is 1. The minimum Gasteiger partial charge on any atom is -0.438 e. The van der Waals surface area contributed by atoms with Gasteiger partial charge in [0.15, 0.2) is 5.78 Å². The van der Waals surface area contributed by atoms with Gasteiger partial charge in [0.05, 0.1) is 5.56 Å². The Balaban J connectivity index is 2.40. The molecule has 0 aliphatic rings. The Morgan fingerprint density at radius 1 is 1.25 bits per heavy atom. The highest BCUT2D eigenvalue weighted by Gasteiger charge is 2.12. The number of nitrogens with zero attached hydrogens (tertiary/aromatic N) is 1. The van der Waals surface area contributed by atoms with E-state index in [0.717, 1.165) is 11.3 Å².